The maximum Gasteiger partial charge on any atom is 0.0484 e. The molecule has 0 radical (unpaired) electrons. The summed E-state index contributed by atoms with van der Waals surface area (Å²) in [6, 6.07) is 12.1. The van der Waals surface area contributed by atoms with Gasteiger partial charge in [-0.25, -0.2) is 0 Å². The summed E-state index contributed by atoms with van der Waals surface area (Å²) in [5, 5.41) is 2.99. The number of rotatable bonds is 1. The van der Waals surface area contributed by atoms with Crippen molar-refractivity contribution < 1.29 is 0 Å². The molecule has 1 nitrogen and oxygen atoms in total. The Labute approximate surface area is 94.9 Å². The van der Waals surface area contributed by atoms with Gasteiger partial charge in [-0.3, -0.25) is 0 Å². The first-order chi connectivity index (χ1) is 6.98. The van der Waals surface area contributed by atoms with Crippen LogP contribution in [0, 0.1) is 0 Å². The molecule has 2 aromatic carbocycles. The molecule has 0 unspecified atom stereocenters. The lowest BCUT2D eigenvalue weighted by Gasteiger charge is -2.19. The molecule has 2 N–H and O–H groups in total. The van der Waals surface area contributed by atoms with E-state index in [1.165, 1.54) is 0 Å². The van der Waals surface area contributed by atoms with Crippen LogP contribution in [-0.4, -0.2) is 0 Å². The monoisotopic (exact) mass is 219 g/mol. The lowest BCUT2D eigenvalue weighted by molar-refractivity contribution is 0.555. The number of halogens is 1. The zero-order valence-corrected chi connectivity index (χ0v) is 9.68. The molecule has 0 aliphatic heterocycles. The first-order valence-corrected chi connectivity index (χ1v) is 5.34. The third-order valence-corrected chi connectivity index (χ3v) is 2.90. The first kappa shape index (κ1) is 10.5. The molecule has 15 heavy (non-hydrogen) atoms. The minimum absolute atomic E-state index is 0.326. The molecule has 0 saturated carbocycles. The fraction of sp³-hybridized carbons (Fsp3) is 0.231. The van der Waals surface area contributed by atoms with Crippen LogP contribution in [0.2, 0.25) is 5.02 Å². The van der Waals surface area contributed by atoms with E-state index >= 15 is 0 Å². The average Bonchev–Trinajstić information content (AvgIpc) is 2.16. The number of nitrogens with two attached hydrogens (primary N) is 1. The van der Waals surface area contributed by atoms with Gasteiger partial charge in [0.2, 0.25) is 0 Å². The quantitative estimate of drug-likeness (QED) is 0.778. The van der Waals surface area contributed by atoms with Gasteiger partial charge in [0.1, 0.15) is 0 Å². The molecule has 0 amide bonds. The molecule has 2 heteroatoms. The number of fused-ring (bicyclic) bond motifs is 1. The van der Waals surface area contributed by atoms with Crippen LogP contribution in [0.1, 0.15) is 19.4 Å². The minimum Gasteiger partial charge on any atom is -0.322 e. The Balaban J connectivity index is 2.70. The number of hydrogen-bond donors (Lipinski definition) is 1. The third kappa shape index (κ3) is 1.99. The van der Waals surface area contributed by atoms with Crippen LogP contribution < -0.4 is 5.73 Å². The maximum absolute atomic E-state index is 6.14. The third-order valence-electron chi connectivity index (χ3n) is 2.57. The molecule has 2 rings (SSSR count). The molecular formula is C13H14ClN. The van der Waals surface area contributed by atoms with Gasteiger partial charge < -0.3 is 5.73 Å². The van der Waals surface area contributed by atoms with Crippen molar-refractivity contribution >= 4 is 22.4 Å². The summed E-state index contributed by atoms with van der Waals surface area (Å²) >= 11 is 6.14. The second-order valence-corrected chi connectivity index (χ2v) is 4.80. The second-order valence-electron chi connectivity index (χ2n) is 4.40. The molecular weight excluding hydrogens is 206 g/mol. The lowest BCUT2D eigenvalue weighted by atomic mass is 9.93. The standard InChI is InChI=1S/C13H14ClN/c1-13(2,15)10-7-6-9-4-3-5-12(14)11(9)8-10/h3-8H,15H2,1-2H3. The fourth-order valence-corrected chi connectivity index (χ4v) is 1.87. The highest BCUT2D eigenvalue weighted by Gasteiger charge is 2.14. The number of hydrogen-bond acceptors (Lipinski definition) is 1. The smallest absolute Gasteiger partial charge is 0.0484 e. The highest BCUT2D eigenvalue weighted by Crippen LogP contribution is 2.27. The van der Waals surface area contributed by atoms with Gasteiger partial charge >= 0.3 is 0 Å². The van der Waals surface area contributed by atoms with Crippen molar-refractivity contribution in [2.24, 2.45) is 5.73 Å². The van der Waals surface area contributed by atoms with Gasteiger partial charge in [-0.1, -0.05) is 35.9 Å². The van der Waals surface area contributed by atoms with Crippen molar-refractivity contribution in [1.29, 1.82) is 0 Å². The largest absolute Gasteiger partial charge is 0.322 e. The van der Waals surface area contributed by atoms with Crippen molar-refractivity contribution in [3.8, 4) is 0 Å². The van der Waals surface area contributed by atoms with E-state index in [-0.39, 0.29) is 5.54 Å². The zero-order chi connectivity index (χ0) is 11.1. The van der Waals surface area contributed by atoms with Crippen molar-refractivity contribution in [2.75, 3.05) is 0 Å². The molecule has 0 atom stereocenters. The molecule has 0 fully saturated rings. The summed E-state index contributed by atoms with van der Waals surface area (Å²) in [6.07, 6.45) is 0. The van der Waals surface area contributed by atoms with E-state index in [0.717, 1.165) is 21.4 Å². The van der Waals surface area contributed by atoms with E-state index in [2.05, 4.69) is 24.3 Å². The van der Waals surface area contributed by atoms with Crippen LogP contribution in [0.25, 0.3) is 10.8 Å². The van der Waals surface area contributed by atoms with E-state index < -0.39 is 0 Å². The van der Waals surface area contributed by atoms with Crippen LogP contribution in [0.4, 0.5) is 0 Å². The summed E-state index contributed by atoms with van der Waals surface area (Å²) in [7, 11) is 0. The summed E-state index contributed by atoms with van der Waals surface area (Å²) < 4.78 is 0. The summed E-state index contributed by atoms with van der Waals surface area (Å²) in [5.41, 5.74) is 6.83. The van der Waals surface area contributed by atoms with Gasteiger partial charge in [-0.15, -0.1) is 0 Å². The van der Waals surface area contributed by atoms with Gasteiger partial charge in [0.05, 0.1) is 0 Å². The first-order valence-electron chi connectivity index (χ1n) is 4.96. The van der Waals surface area contributed by atoms with Gasteiger partial charge in [-0.05, 0) is 36.9 Å². The molecule has 78 valence electrons. The Kier molecular flexibility index (Phi) is 2.45. The van der Waals surface area contributed by atoms with Crippen molar-refractivity contribution in [1.82, 2.24) is 0 Å². The molecule has 0 saturated heterocycles. The lowest BCUT2D eigenvalue weighted by Crippen LogP contribution is -2.28. The Morgan fingerprint density at radius 1 is 1.13 bits per heavy atom. The Morgan fingerprint density at radius 2 is 1.87 bits per heavy atom. The highest BCUT2D eigenvalue weighted by atomic mass is 35.5. The van der Waals surface area contributed by atoms with Crippen LogP contribution in [0.3, 0.4) is 0 Å². The normalized spacial score (nSPS) is 12.0. The van der Waals surface area contributed by atoms with E-state index in [4.69, 9.17) is 17.3 Å². The fourth-order valence-electron chi connectivity index (χ4n) is 1.64. The van der Waals surface area contributed by atoms with Crippen LogP contribution in [0.15, 0.2) is 36.4 Å². The molecule has 0 heterocycles. The van der Waals surface area contributed by atoms with E-state index in [1.54, 1.807) is 0 Å². The van der Waals surface area contributed by atoms with Gasteiger partial charge in [0, 0.05) is 15.9 Å². The Morgan fingerprint density at radius 3 is 2.53 bits per heavy atom. The molecule has 2 aromatic rings. The molecule has 0 bridgehead atoms. The SMILES string of the molecule is CC(C)(N)c1ccc2cccc(Cl)c2c1. The maximum atomic E-state index is 6.14. The van der Waals surface area contributed by atoms with E-state index in [0.29, 0.717) is 0 Å². The Hall–Kier alpha value is -1.05. The predicted octanol–water partition coefficient (Wildman–Crippen LogP) is 3.69. The van der Waals surface area contributed by atoms with Crippen LogP contribution >= 0.6 is 11.6 Å². The van der Waals surface area contributed by atoms with Gasteiger partial charge in [0.15, 0.2) is 0 Å². The summed E-state index contributed by atoms with van der Waals surface area (Å²) in [5.74, 6) is 0. The van der Waals surface area contributed by atoms with Gasteiger partial charge in [0.25, 0.3) is 0 Å². The molecule has 0 aromatic heterocycles. The Bertz CT molecular complexity index is 497. The zero-order valence-electron chi connectivity index (χ0n) is 8.92. The van der Waals surface area contributed by atoms with Crippen LogP contribution in [-0.2, 0) is 5.54 Å². The predicted molar refractivity (Wildman–Crippen MR) is 66.2 cm³/mol. The summed E-state index contributed by atoms with van der Waals surface area (Å²) in [6.45, 7) is 3.98. The minimum atomic E-state index is -0.326. The van der Waals surface area contributed by atoms with Crippen molar-refractivity contribution in [3.05, 3.63) is 47.0 Å². The van der Waals surface area contributed by atoms with E-state index in [1.807, 2.05) is 26.0 Å². The van der Waals surface area contributed by atoms with Crippen molar-refractivity contribution in [2.45, 2.75) is 19.4 Å². The average molecular weight is 220 g/mol. The van der Waals surface area contributed by atoms with E-state index in [9.17, 15) is 0 Å². The van der Waals surface area contributed by atoms with Gasteiger partial charge in [-0.2, -0.15) is 0 Å². The molecule has 0 spiro atoms. The topological polar surface area (TPSA) is 26.0 Å². The molecule has 0 aliphatic carbocycles. The molecule has 0 aliphatic rings. The number of benzene rings is 2. The van der Waals surface area contributed by atoms with Crippen LogP contribution in [0.5, 0.6) is 0 Å². The highest BCUT2D eigenvalue weighted by molar-refractivity contribution is 6.35. The summed E-state index contributed by atoms with van der Waals surface area (Å²) in [4.78, 5) is 0. The second kappa shape index (κ2) is 3.51. The van der Waals surface area contributed by atoms with Crippen molar-refractivity contribution in [3.63, 3.8) is 0 Å².